The van der Waals surface area contributed by atoms with Crippen molar-refractivity contribution in [3.8, 4) is 28.7 Å². The van der Waals surface area contributed by atoms with Crippen molar-refractivity contribution in [2.24, 2.45) is 47.3 Å². The van der Waals surface area contributed by atoms with Crippen LogP contribution in [0.3, 0.4) is 0 Å². The van der Waals surface area contributed by atoms with Crippen molar-refractivity contribution in [1.82, 2.24) is 0 Å². The summed E-state index contributed by atoms with van der Waals surface area (Å²) < 4.78 is 28.0. The second kappa shape index (κ2) is 15.1. The van der Waals surface area contributed by atoms with E-state index in [1.165, 1.54) is 35.1 Å². The third-order valence-electron chi connectivity index (χ3n) is 14.3. The molecule has 5 nitrogen and oxygen atoms in total. The molecular formula is C47H58O5. The van der Waals surface area contributed by atoms with Crippen LogP contribution in [0.15, 0.2) is 91.0 Å². The van der Waals surface area contributed by atoms with E-state index in [4.69, 9.17) is 23.7 Å². The molecule has 0 aromatic heterocycles. The van der Waals surface area contributed by atoms with Gasteiger partial charge in [0.05, 0.1) is 35.5 Å². The highest BCUT2D eigenvalue weighted by atomic mass is 16.5. The van der Waals surface area contributed by atoms with Crippen LogP contribution in [0, 0.1) is 47.3 Å². The highest BCUT2D eigenvalue weighted by molar-refractivity contribution is 5.55. The third-order valence-corrected chi connectivity index (χ3v) is 14.3. The Balaban J connectivity index is 0.000000162. The predicted octanol–water partition coefficient (Wildman–Crippen LogP) is 11.0. The highest BCUT2D eigenvalue weighted by Crippen LogP contribution is 2.67. The zero-order valence-corrected chi connectivity index (χ0v) is 32.5. The van der Waals surface area contributed by atoms with E-state index in [1.54, 1.807) is 35.5 Å². The Labute approximate surface area is 312 Å². The van der Waals surface area contributed by atoms with Crippen molar-refractivity contribution < 1.29 is 23.7 Å². The van der Waals surface area contributed by atoms with Gasteiger partial charge in [-0.15, -0.1) is 0 Å². The number of benzene rings is 4. The molecule has 0 spiro atoms. The van der Waals surface area contributed by atoms with Crippen LogP contribution in [0.2, 0.25) is 0 Å². The lowest BCUT2D eigenvalue weighted by Gasteiger charge is -2.39. The largest absolute Gasteiger partial charge is 0.497 e. The van der Waals surface area contributed by atoms with Gasteiger partial charge in [-0.05, 0) is 124 Å². The first-order valence-corrected chi connectivity index (χ1v) is 19.4. The molecule has 4 bridgehead atoms. The molecule has 8 rings (SSSR count). The van der Waals surface area contributed by atoms with E-state index >= 15 is 0 Å². The van der Waals surface area contributed by atoms with Gasteiger partial charge in [0.1, 0.15) is 11.5 Å². The van der Waals surface area contributed by atoms with E-state index < -0.39 is 0 Å². The van der Waals surface area contributed by atoms with Crippen LogP contribution in [-0.4, -0.2) is 35.5 Å². The summed E-state index contributed by atoms with van der Waals surface area (Å²) in [5, 5.41) is 0. The van der Waals surface area contributed by atoms with Crippen LogP contribution >= 0.6 is 0 Å². The number of ether oxygens (including phenoxy) is 5. The summed E-state index contributed by atoms with van der Waals surface area (Å²) in [5.74, 6) is 12.1. The lowest BCUT2D eigenvalue weighted by molar-refractivity contribution is 0.202. The molecule has 4 aromatic rings. The van der Waals surface area contributed by atoms with Gasteiger partial charge >= 0.3 is 0 Å². The average Bonchev–Trinajstić information content (AvgIpc) is 3.93. The minimum Gasteiger partial charge on any atom is -0.497 e. The first-order chi connectivity index (χ1) is 25.3. The molecule has 4 saturated carbocycles. The van der Waals surface area contributed by atoms with Gasteiger partial charge < -0.3 is 23.7 Å². The molecule has 52 heavy (non-hydrogen) atoms. The lowest BCUT2D eigenvalue weighted by Crippen LogP contribution is -2.30. The number of methoxy groups -OCH3 is 5. The molecule has 0 aliphatic heterocycles. The molecule has 5 heteroatoms. The second-order valence-corrected chi connectivity index (χ2v) is 16.1. The van der Waals surface area contributed by atoms with Crippen molar-refractivity contribution in [2.75, 3.05) is 35.5 Å². The fourth-order valence-corrected chi connectivity index (χ4v) is 11.5. The third kappa shape index (κ3) is 6.12. The first kappa shape index (κ1) is 36.2. The van der Waals surface area contributed by atoms with E-state index in [0.29, 0.717) is 35.3 Å². The van der Waals surface area contributed by atoms with Gasteiger partial charge in [-0.3, -0.25) is 0 Å². The van der Waals surface area contributed by atoms with Crippen LogP contribution in [0.25, 0.3) is 0 Å². The van der Waals surface area contributed by atoms with E-state index in [0.717, 1.165) is 64.4 Å². The van der Waals surface area contributed by atoms with Crippen molar-refractivity contribution in [3.05, 3.63) is 113 Å². The quantitative estimate of drug-likeness (QED) is 0.174. The summed E-state index contributed by atoms with van der Waals surface area (Å²) in [6, 6.07) is 32.8. The summed E-state index contributed by atoms with van der Waals surface area (Å²) in [7, 11) is 8.54. The number of fused-ring (bicyclic) bond motifs is 4. The Morgan fingerprint density at radius 2 is 0.827 bits per heavy atom. The summed E-state index contributed by atoms with van der Waals surface area (Å²) >= 11 is 0. The maximum atomic E-state index is 5.77. The second-order valence-electron chi connectivity index (χ2n) is 16.1. The van der Waals surface area contributed by atoms with Gasteiger partial charge in [-0.1, -0.05) is 94.4 Å². The fourth-order valence-electron chi connectivity index (χ4n) is 11.5. The smallest absolute Gasteiger partial charge is 0.203 e. The predicted molar refractivity (Wildman–Crippen MR) is 209 cm³/mol. The molecule has 0 radical (unpaired) electrons. The summed E-state index contributed by atoms with van der Waals surface area (Å²) in [5.41, 5.74) is 5.60. The molecular weight excluding hydrogens is 645 g/mol. The van der Waals surface area contributed by atoms with Crippen LogP contribution in [0.5, 0.6) is 28.7 Å². The standard InChI is InChI=1S/C24H30O3.C23H28O2/c1-14-15(2)19-13-18(14)22(16-9-7-6-8-10-16)23(19)17-11-20(25-3)24(27-5)21(12-17)26-4;1-14-15(2)20-13-19(14)22(16-8-6-5-7-9-16)23(20)18-11-10-17(24-3)12-21(18)25-4/h6-12,14-15,18-19,22-23H,13H2,1-5H3;5-12,14-15,19-20,22-23H,13H2,1-4H3. The fraction of sp³-hybridized carbons (Fsp3) is 0.489. The lowest BCUT2D eigenvalue weighted by atomic mass is 9.65. The Hall–Kier alpha value is -4.12. The number of hydrogen-bond donors (Lipinski definition) is 0. The van der Waals surface area contributed by atoms with Crippen LogP contribution < -0.4 is 23.7 Å². The Kier molecular flexibility index (Phi) is 10.5. The topological polar surface area (TPSA) is 46.2 Å². The molecule has 276 valence electrons. The molecule has 4 aliphatic rings. The van der Waals surface area contributed by atoms with Crippen molar-refractivity contribution in [1.29, 1.82) is 0 Å². The number of hydrogen-bond acceptors (Lipinski definition) is 5. The minimum atomic E-state index is 0.484. The molecule has 4 aromatic carbocycles. The molecule has 4 aliphatic carbocycles. The van der Waals surface area contributed by atoms with Crippen molar-refractivity contribution in [3.63, 3.8) is 0 Å². The molecule has 0 amide bonds. The zero-order valence-electron chi connectivity index (χ0n) is 32.5. The maximum absolute atomic E-state index is 5.77. The summed E-state index contributed by atoms with van der Waals surface area (Å²) in [6.07, 6.45) is 2.64. The van der Waals surface area contributed by atoms with Gasteiger partial charge in [-0.2, -0.15) is 0 Å². The molecule has 0 N–H and O–H groups in total. The SMILES string of the molecule is COc1cc(C2C3CC(C(C)C3C)C2c2ccccc2)cc(OC)c1OC.COc1ccc(C2C3CC(C(C)C3C)C2c2ccccc2)c(OC)c1. The molecule has 4 fully saturated rings. The maximum Gasteiger partial charge on any atom is 0.203 e. The normalized spacial score (nSPS) is 32.6. The number of rotatable bonds is 9. The van der Waals surface area contributed by atoms with Gasteiger partial charge in [0, 0.05) is 6.07 Å². The van der Waals surface area contributed by atoms with Gasteiger partial charge in [0.15, 0.2) is 11.5 Å². The van der Waals surface area contributed by atoms with Gasteiger partial charge in [0.25, 0.3) is 0 Å². The minimum absolute atomic E-state index is 0.484. The van der Waals surface area contributed by atoms with Crippen LogP contribution in [0.1, 0.15) is 86.5 Å². The molecule has 0 saturated heterocycles. The van der Waals surface area contributed by atoms with E-state index in [9.17, 15) is 0 Å². The van der Waals surface area contributed by atoms with Crippen molar-refractivity contribution in [2.45, 2.75) is 64.2 Å². The molecule has 0 heterocycles. The Bertz CT molecular complexity index is 1780. The van der Waals surface area contributed by atoms with E-state index in [2.05, 4.69) is 113 Å². The van der Waals surface area contributed by atoms with Gasteiger partial charge in [-0.25, -0.2) is 0 Å². The Morgan fingerprint density at radius 1 is 0.404 bits per heavy atom. The highest BCUT2D eigenvalue weighted by Gasteiger charge is 2.57. The first-order valence-electron chi connectivity index (χ1n) is 19.4. The monoisotopic (exact) mass is 702 g/mol. The van der Waals surface area contributed by atoms with Crippen LogP contribution in [-0.2, 0) is 0 Å². The summed E-state index contributed by atoms with van der Waals surface area (Å²) in [4.78, 5) is 0. The van der Waals surface area contributed by atoms with Crippen molar-refractivity contribution >= 4 is 0 Å². The van der Waals surface area contributed by atoms with E-state index in [-0.39, 0.29) is 0 Å². The molecule has 12 unspecified atom stereocenters. The summed E-state index contributed by atoms with van der Waals surface area (Å²) in [6.45, 7) is 9.77. The molecule has 12 atom stereocenters. The van der Waals surface area contributed by atoms with Gasteiger partial charge in [0.2, 0.25) is 5.75 Å². The van der Waals surface area contributed by atoms with E-state index in [1.807, 2.05) is 6.07 Å². The zero-order chi connectivity index (χ0) is 36.7. The van der Waals surface area contributed by atoms with Crippen LogP contribution in [0.4, 0.5) is 0 Å². The Morgan fingerprint density at radius 3 is 1.25 bits per heavy atom. The average molecular weight is 703 g/mol.